The van der Waals surface area contributed by atoms with Gasteiger partial charge in [0.05, 0.1) is 11.6 Å². The molecular formula is C12H16N2O4. The van der Waals surface area contributed by atoms with E-state index in [-0.39, 0.29) is 11.8 Å². The number of nitrogens with zero attached hydrogens (tertiary/aromatic N) is 1. The number of aliphatic carboxylic acids is 1. The van der Waals surface area contributed by atoms with Crippen LogP contribution in [0.4, 0.5) is 0 Å². The van der Waals surface area contributed by atoms with Gasteiger partial charge in [-0.2, -0.15) is 0 Å². The number of nitrogens with one attached hydrogen (secondary N) is 1. The van der Waals surface area contributed by atoms with E-state index in [1.807, 2.05) is 0 Å². The number of hydrogen-bond donors (Lipinski definition) is 2. The van der Waals surface area contributed by atoms with E-state index in [0.29, 0.717) is 18.4 Å². The van der Waals surface area contributed by atoms with Gasteiger partial charge in [0.15, 0.2) is 0 Å². The molecule has 1 aromatic heterocycles. The highest BCUT2D eigenvalue weighted by Crippen LogP contribution is 2.38. The standard InChI is InChI=1S/C12H16N2O4/c1-7-6-13-18-9(7)10(15)14-8-4-3-5-12(8,2)11(16)17/h6,8H,3-5H2,1-2H3,(H,14,15)(H,16,17). The molecule has 2 atom stereocenters. The van der Waals surface area contributed by atoms with Crippen LogP contribution in [-0.4, -0.2) is 28.2 Å². The quantitative estimate of drug-likeness (QED) is 0.847. The number of carboxylic acid groups (broad SMARTS) is 1. The molecule has 6 nitrogen and oxygen atoms in total. The van der Waals surface area contributed by atoms with E-state index < -0.39 is 17.3 Å². The SMILES string of the molecule is Cc1cnoc1C(=O)NC1CCCC1(C)C(=O)O. The molecular weight excluding hydrogens is 236 g/mol. The molecule has 0 aliphatic heterocycles. The molecule has 6 heteroatoms. The average Bonchev–Trinajstić information content (AvgIpc) is 2.87. The molecule has 1 saturated carbocycles. The van der Waals surface area contributed by atoms with E-state index in [4.69, 9.17) is 4.52 Å². The zero-order chi connectivity index (χ0) is 13.3. The van der Waals surface area contributed by atoms with Crippen molar-refractivity contribution in [2.75, 3.05) is 0 Å². The summed E-state index contributed by atoms with van der Waals surface area (Å²) >= 11 is 0. The van der Waals surface area contributed by atoms with Crippen LogP contribution in [0.25, 0.3) is 0 Å². The monoisotopic (exact) mass is 252 g/mol. The Labute approximate surface area is 104 Å². The maximum atomic E-state index is 12.0. The van der Waals surface area contributed by atoms with Crippen molar-refractivity contribution in [3.05, 3.63) is 17.5 Å². The van der Waals surface area contributed by atoms with Gasteiger partial charge in [0, 0.05) is 11.6 Å². The number of carbonyl (C=O) groups excluding carboxylic acids is 1. The molecule has 2 rings (SSSR count). The lowest BCUT2D eigenvalue weighted by Gasteiger charge is -2.27. The molecule has 1 aliphatic rings. The van der Waals surface area contributed by atoms with E-state index in [0.717, 1.165) is 6.42 Å². The summed E-state index contributed by atoms with van der Waals surface area (Å²) in [6.45, 7) is 3.39. The summed E-state index contributed by atoms with van der Waals surface area (Å²) in [7, 11) is 0. The van der Waals surface area contributed by atoms with Crippen LogP contribution in [-0.2, 0) is 4.79 Å². The molecule has 2 N–H and O–H groups in total. The van der Waals surface area contributed by atoms with Crippen molar-refractivity contribution in [3.63, 3.8) is 0 Å². The third kappa shape index (κ3) is 1.98. The second kappa shape index (κ2) is 4.44. The molecule has 98 valence electrons. The third-order valence-corrected chi connectivity index (χ3v) is 3.71. The Balaban J connectivity index is 2.13. The lowest BCUT2D eigenvalue weighted by Crippen LogP contribution is -2.47. The second-order valence-electron chi connectivity index (χ2n) is 4.98. The van der Waals surface area contributed by atoms with Crippen molar-refractivity contribution < 1.29 is 19.2 Å². The maximum absolute atomic E-state index is 12.0. The van der Waals surface area contributed by atoms with Gasteiger partial charge in [-0.15, -0.1) is 0 Å². The number of aromatic nitrogens is 1. The van der Waals surface area contributed by atoms with Crippen LogP contribution >= 0.6 is 0 Å². The van der Waals surface area contributed by atoms with E-state index in [1.165, 1.54) is 6.20 Å². The minimum absolute atomic E-state index is 0.148. The Morgan fingerprint density at radius 1 is 1.61 bits per heavy atom. The first-order valence-corrected chi connectivity index (χ1v) is 5.90. The summed E-state index contributed by atoms with van der Waals surface area (Å²) in [6.07, 6.45) is 3.49. The predicted molar refractivity (Wildman–Crippen MR) is 62.1 cm³/mol. The van der Waals surface area contributed by atoms with Gasteiger partial charge in [0.1, 0.15) is 0 Å². The first-order chi connectivity index (χ1) is 8.45. The van der Waals surface area contributed by atoms with Crippen LogP contribution in [0.5, 0.6) is 0 Å². The predicted octanol–water partition coefficient (Wildman–Crippen LogP) is 1.36. The zero-order valence-electron chi connectivity index (χ0n) is 10.4. The van der Waals surface area contributed by atoms with Gasteiger partial charge in [0.25, 0.3) is 5.91 Å². The lowest BCUT2D eigenvalue weighted by atomic mass is 9.85. The summed E-state index contributed by atoms with van der Waals surface area (Å²) in [5.41, 5.74) is -0.258. The highest BCUT2D eigenvalue weighted by Gasteiger charge is 2.46. The number of amides is 1. The van der Waals surface area contributed by atoms with Crippen molar-refractivity contribution in [2.24, 2.45) is 5.41 Å². The van der Waals surface area contributed by atoms with Crippen molar-refractivity contribution >= 4 is 11.9 Å². The van der Waals surface area contributed by atoms with Gasteiger partial charge in [0.2, 0.25) is 5.76 Å². The molecule has 0 saturated heterocycles. The maximum Gasteiger partial charge on any atom is 0.311 e. The Bertz CT molecular complexity index is 482. The Morgan fingerprint density at radius 3 is 2.89 bits per heavy atom. The van der Waals surface area contributed by atoms with Crippen molar-refractivity contribution in [2.45, 2.75) is 39.2 Å². The Kier molecular flexibility index (Phi) is 3.11. The number of carbonyl (C=O) groups is 2. The van der Waals surface area contributed by atoms with E-state index >= 15 is 0 Å². The van der Waals surface area contributed by atoms with Crippen LogP contribution < -0.4 is 5.32 Å². The number of rotatable bonds is 3. The van der Waals surface area contributed by atoms with Gasteiger partial charge in [-0.25, -0.2) is 0 Å². The number of hydrogen-bond acceptors (Lipinski definition) is 4. The average molecular weight is 252 g/mol. The van der Waals surface area contributed by atoms with Gasteiger partial charge in [-0.05, 0) is 26.7 Å². The molecule has 1 aliphatic carbocycles. The smallest absolute Gasteiger partial charge is 0.311 e. The van der Waals surface area contributed by atoms with Crippen LogP contribution in [0.15, 0.2) is 10.7 Å². The molecule has 1 heterocycles. The molecule has 18 heavy (non-hydrogen) atoms. The molecule has 2 unspecified atom stereocenters. The summed E-state index contributed by atoms with van der Waals surface area (Å²) in [4.78, 5) is 23.2. The Morgan fingerprint density at radius 2 is 2.33 bits per heavy atom. The molecule has 1 fully saturated rings. The topological polar surface area (TPSA) is 92.4 Å². The second-order valence-corrected chi connectivity index (χ2v) is 4.98. The Hall–Kier alpha value is -1.85. The molecule has 0 radical (unpaired) electrons. The van der Waals surface area contributed by atoms with Gasteiger partial charge in [-0.3, -0.25) is 9.59 Å². The van der Waals surface area contributed by atoms with Gasteiger partial charge < -0.3 is 14.9 Å². The highest BCUT2D eigenvalue weighted by molar-refractivity contribution is 5.93. The fourth-order valence-electron chi connectivity index (χ4n) is 2.39. The molecule has 0 bridgehead atoms. The van der Waals surface area contributed by atoms with Crippen LogP contribution in [0, 0.1) is 12.3 Å². The first kappa shape index (κ1) is 12.6. The van der Waals surface area contributed by atoms with E-state index in [9.17, 15) is 14.7 Å². The largest absolute Gasteiger partial charge is 0.481 e. The molecule has 0 aromatic carbocycles. The number of carboxylic acids is 1. The third-order valence-electron chi connectivity index (χ3n) is 3.71. The summed E-state index contributed by atoms with van der Waals surface area (Å²) < 4.78 is 4.86. The van der Waals surface area contributed by atoms with Gasteiger partial charge in [-0.1, -0.05) is 11.6 Å². The minimum atomic E-state index is -0.899. The van der Waals surface area contributed by atoms with Crippen LogP contribution in [0.1, 0.15) is 42.3 Å². The molecule has 1 aromatic rings. The van der Waals surface area contributed by atoms with E-state index in [1.54, 1.807) is 13.8 Å². The summed E-state index contributed by atoms with van der Waals surface area (Å²) in [5, 5.41) is 15.5. The molecule has 0 spiro atoms. The van der Waals surface area contributed by atoms with Crippen molar-refractivity contribution in [1.82, 2.24) is 10.5 Å². The molecule has 1 amide bonds. The minimum Gasteiger partial charge on any atom is -0.481 e. The van der Waals surface area contributed by atoms with Crippen LogP contribution in [0.2, 0.25) is 0 Å². The summed E-state index contributed by atoms with van der Waals surface area (Å²) in [6, 6.07) is -0.369. The van der Waals surface area contributed by atoms with Crippen molar-refractivity contribution in [1.29, 1.82) is 0 Å². The van der Waals surface area contributed by atoms with E-state index in [2.05, 4.69) is 10.5 Å². The fourth-order valence-corrected chi connectivity index (χ4v) is 2.39. The van der Waals surface area contributed by atoms with Crippen LogP contribution in [0.3, 0.4) is 0 Å². The summed E-state index contributed by atoms with van der Waals surface area (Å²) in [5.74, 6) is -1.13. The van der Waals surface area contributed by atoms with Gasteiger partial charge >= 0.3 is 5.97 Å². The fraction of sp³-hybridized carbons (Fsp3) is 0.583. The highest BCUT2D eigenvalue weighted by atomic mass is 16.5. The first-order valence-electron chi connectivity index (χ1n) is 5.90. The zero-order valence-corrected chi connectivity index (χ0v) is 10.4. The van der Waals surface area contributed by atoms with Crippen molar-refractivity contribution in [3.8, 4) is 0 Å². The lowest BCUT2D eigenvalue weighted by molar-refractivity contribution is -0.148. The normalized spacial score (nSPS) is 27.1. The number of aryl methyl sites for hydroxylation is 1.